The molecular weight excluding hydrogens is 600 g/mol. The minimum atomic E-state index is -1.26. The second-order valence-corrected chi connectivity index (χ2v) is 11.4. The number of allylic oxidation sites excluding steroid dienone is 1. The average Bonchev–Trinajstić information content (AvgIpc) is 3.14. The molecule has 242 valence electrons. The zero-order chi connectivity index (χ0) is 33.3. The molecule has 1 aliphatic rings. The third-order valence-corrected chi connectivity index (χ3v) is 8.29. The monoisotopic (exact) mass is 638 g/mol. The number of fused-ring (bicyclic) bond motifs is 1. The van der Waals surface area contributed by atoms with E-state index in [0.717, 1.165) is 33.5 Å². The zero-order valence-corrected chi connectivity index (χ0v) is 27.2. The van der Waals surface area contributed by atoms with Gasteiger partial charge in [0.1, 0.15) is 31.3 Å². The Hall–Kier alpha value is -5.75. The molecule has 1 aliphatic heterocycles. The highest BCUT2D eigenvalue weighted by Gasteiger charge is 2.49. The number of hydrogen-bond acceptors (Lipinski definition) is 6. The highest BCUT2D eigenvalue weighted by Crippen LogP contribution is 2.51. The maximum Gasteiger partial charge on any atom is 0.335 e. The number of esters is 1. The highest BCUT2D eigenvalue weighted by atomic mass is 16.6. The van der Waals surface area contributed by atoms with Gasteiger partial charge in [-0.15, -0.1) is 0 Å². The lowest BCUT2D eigenvalue weighted by Gasteiger charge is -2.41. The van der Waals surface area contributed by atoms with E-state index in [1.54, 1.807) is 0 Å². The van der Waals surface area contributed by atoms with E-state index in [-0.39, 0.29) is 13.2 Å². The molecule has 6 nitrogen and oxygen atoms in total. The fourth-order valence-corrected chi connectivity index (χ4v) is 5.88. The number of ether oxygens (including phenoxy) is 5. The topological polar surface area (TPSA) is 63.2 Å². The SMILES string of the molecule is C=CC(=O)Oc1c([C@]2(CC)OC(C)=C(OCc3ccccc3)C(OCc3ccccc3)=C2OCc2ccccc2)ccc2ccccc12. The molecule has 6 heteroatoms. The van der Waals surface area contributed by atoms with E-state index < -0.39 is 11.6 Å². The summed E-state index contributed by atoms with van der Waals surface area (Å²) in [5.41, 5.74) is 2.29. The van der Waals surface area contributed by atoms with Crippen LogP contribution < -0.4 is 4.74 Å². The van der Waals surface area contributed by atoms with Crippen molar-refractivity contribution < 1.29 is 28.5 Å². The molecule has 1 heterocycles. The van der Waals surface area contributed by atoms with Crippen molar-refractivity contribution in [2.24, 2.45) is 0 Å². The standard InChI is InChI=1S/C42H38O6/c1-4-37(43)47-39-35-24-16-15-23-34(35)25-26-36(39)42(5-2)41(46-29-33-21-13-8-14-22-33)40(45-28-32-19-11-7-12-20-32)38(30(3)48-42)44-27-31-17-9-6-10-18-31/h4,6-26H,1,5,27-29H2,2-3H3/t42-/m0/s1. The lowest BCUT2D eigenvalue weighted by molar-refractivity contribution is -0.129. The number of hydrogen-bond donors (Lipinski definition) is 0. The summed E-state index contributed by atoms with van der Waals surface area (Å²) in [5.74, 6) is 1.58. The molecule has 0 unspecified atom stereocenters. The van der Waals surface area contributed by atoms with Crippen molar-refractivity contribution in [2.45, 2.75) is 45.7 Å². The Labute approximate surface area is 281 Å². The average molecular weight is 639 g/mol. The molecule has 0 bridgehead atoms. The third-order valence-electron chi connectivity index (χ3n) is 8.29. The van der Waals surface area contributed by atoms with E-state index in [4.69, 9.17) is 23.7 Å². The normalized spacial score (nSPS) is 15.9. The zero-order valence-electron chi connectivity index (χ0n) is 27.2. The van der Waals surface area contributed by atoms with Gasteiger partial charge in [-0.3, -0.25) is 0 Å². The molecule has 48 heavy (non-hydrogen) atoms. The Kier molecular flexibility index (Phi) is 9.91. The van der Waals surface area contributed by atoms with Crippen molar-refractivity contribution >= 4 is 16.7 Å². The fourth-order valence-electron chi connectivity index (χ4n) is 5.88. The summed E-state index contributed by atoms with van der Waals surface area (Å²) in [6.45, 7) is 8.30. The largest absolute Gasteiger partial charge is 0.485 e. The van der Waals surface area contributed by atoms with Gasteiger partial charge >= 0.3 is 5.97 Å². The van der Waals surface area contributed by atoms with Crippen LogP contribution >= 0.6 is 0 Å². The van der Waals surface area contributed by atoms with Crippen molar-refractivity contribution in [1.29, 1.82) is 0 Å². The summed E-state index contributed by atoms with van der Waals surface area (Å²) in [6, 6.07) is 41.5. The van der Waals surface area contributed by atoms with Crippen molar-refractivity contribution in [3.05, 3.63) is 185 Å². The van der Waals surface area contributed by atoms with Gasteiger partial charge in [0.2, 0.25) is 11.5 Å². The van der Waals surface area contributed by atoms with Crippen molar-refractivity contribution in [3.8, 4) is 5.75 Å². The van der Waals surface area contributed by atoms with Crippen LogP contribution in [-0.4, -0.2) is 5.97 Å². The lowest BCUT2D eigenvalue weighted by atomic mass is 9.84. The molecule has 5 aromatic rings. The molecule has 0 aromatic heterocycles. The first kappa shape index (κ1) is 32.2. The molecule has 0 saturated carbocycles. The first-order valence-electron chi connectivity index (χ1n) is 16.0. The molecule has 0 fully saturated rings. The number of carbonyl (C=O) groups excluding carboxylic acids is 1. The minimum absolute atomic E-state index is 0.236. The maximum atomic E-state index is 12.8. The number of rotatable bonds is 13. The Morgan fingerprint density at radius 1 is 0.688 bits per heavy atom. The molecule has 0 saturated heterocycles. The Bertz CT molecular complexity index is 1950. The molecule has 5 aromatic carbocycles. The van der Waals surface area contributed by atoms with Gasteiger partial charge in [0.15, 0.2) is 11.4 Å². The second-order valence-electron chi connectivity index (χ2n) is 11.4. The Morgan fingerprint density at radius 2 is 1.21 bits per heavy atom. The van der Waals surface area contributed by atoms with Crippen LogP contribution in [0.2, 0.25) is 0 Å². The molecule has 0 radical (unpaired) electrons. The minimum Gasteiger partial charge on any atom is -0.485 e. The van der Waals surface area contributed by atoms with Gasteiger partial charge in [-0.2, -0.15) is 0 Å². The van der Waals surface area contributed by atoms with Gasteiger partial charge in [-0.05, 0) is 35.4 Å². The van der Waals surface area contributed by atoms with Gasteiger partial charge in [0.05, 0.1) is 0 Å². The van der Waals surface area contributed by atoms with Crippen molar-refractivity contribution in [3.63, 3.8) is 0 Å². The lowest BCUT2D eigenvalue weighted by Crippen LogP contribution is -2.38. The van der Waals surface area contributed by atoms with E-state index in [0.29, 0.717) is 47.4 Å². The van der Waals surface area contributed by atoms with Crippen LogP contribution in [0.25, 0.3) is 10.8 Å². The predicted octanol–water partition coefficient (Wildman–Crippen LogP) is 9.66. The number of benzene rings is 5. The van der Waals surface area contributed by atoms with Gasteiger partial charge in [0, 0.05) is 17.0 Å². The van der Waals surface area contributed by atoms with E-state index in [1.165, 1.54) is 0 Å². The van der Waals surface area contributed by atoms with E-state index in [9.17, 15) is 4.79 Å². The van der Waals surface area contributed by atoms with Gasteiger partial charge in [-0.1, -0.05) is 141 Å². The Balaban J connectivity index is 1.56. The second kappa shape index (κ2) is 14.8. The predicted molar refractivity (Wildman–Crippen MR) is 186 cm³/mol. The molecule has 0 amide bonds. The maximum absolute atomic E-state index is 12.8. The van der Waals surface area contributed by atoms with Crippen LogP contribution in [-0.2, 0) is 49.2 Å². The van der Waals surface area contributed by atoms with E-state index in [2.05, 4.69) is 6.58 Å². The van der Waals surface area contributed by atoms with Crippen LogP contribution in [0.15, 0.2) is 163 Å². The molecular formula is C42H38O6. The first-order valence-corrected chi connectivity index (χ1v) is 16.0. The Morgan fingerprint density at radius 3 is 1.77 bits per heavy atom. The van der Waals surface area contributed by atoms with Crippen LogP contribution in [0.3, 0.4) is 0 Å². The number of carbonyl (C=O) groups is 1. The van der Waals surface area contributed by atoms with Crippen molar-refractivity contribution in [2.75, 3.05) is 0 Å². The molecule has 1 atom stereocenters. The smallest absolute Gasteiger partial charge is 0.335 e. The van der Waals surface area contributed by atoms with Gasteiger partial charge in [-0.25, -0.2) is 4.79 Å². The molecule has 0 aliphatic carbocycles. The summed E-state index contributed by atoms with van der Waals surface area (Å²) in [7, 11) is 0. The highest BCUT2D eigenvalue weighted by molar-refractivity contribution is 5.94. The summed E-state index contributed by atoms with van der Waals surface area (Å²) >= 11 is 0. The summed E-state index contributed by atoms with van der Waals surface area (Å²) in [4.78, 5) is 12.8. The molecule has 0 N–H and O–H groups in total. The van der Waals surface area contributed by atoms with E-state index >= 15 is 0 Å². The summed E-state index contributed by atoms with van der Waals surface area (Å²) < 4.78 is 33.0. The van der Waals surface area contributed by atoms with Crippen LogP contribution in [0.4, 0.5) is 0 Å². The van der Waals surface area contributed by atoms with Gasteiger partial charge < -0.3 is 23.7 Å². The first-order chi connectivity index (χ1) is 23.5. The van der Waals surface area contributed by atoms with E-state index in [1.807, 2.05) is 141 Å². The van der Waals surface area contributed by atoms with Crippen LogP contribution in [0.1, 0.15) is 42.5 Å². The van der Waals surface area contributed by atoms with Crippen LogP contribution in [0, 0.1) is 0 Å². The third kappa shape index (κ3) is 6.83. The summed E-state index contributed by atoms with van der Waals surface area (Å²) in [6.07, 6.45) is 1.57. The quantitative estimate of drug-likeness (QED) is 0.0727. The van der Waals surface area contributed by atoms with Crippen LogP contribution in [0.5, 0.6) is 5.75 Å². The summed E-state index contributed by atoms with van der Waals surface area (Å²) in [5, 5.41) is 1.66. The molecule has 6 rings (SSSR count). The van der Waals surface area contributed by atoms with Crippen molar-refractivity contribution in [1.82, 2.24) is 0 Å². The molecule has 0 spiro atoms. The fraction of sp³-hybridized carbons (Fsp3) is 0.167. The van der Waals surface area contributed by atoms with Gasteiger partial charge in [0.25, 0.3) is 0 Å².